The Labute approximate surface area is 123 Å². The molecule has 0 saturated carbocycles. The second kappa shape index (κ2) is 5.63. The van der Waals surface area contributed by atoms with Gasteiger partial charge >= 0.3 is 0 Å². The molecule has 0 saturated heterocycles. The van der Waals surface area contributed by atoms with Gasteiger partial charge in [0.1, 0.15) is 17.1 Å². The topological polar surface area (TPSA) is 42.7 Å². The summed E-state index contributed by atoms with van der Waals surface area (Å²) in [5, 5.41) is 0.921. The minimum absolute atomic E-state index is 0.0343. The highest BCUT2D eigenvalue weighted by Gasteiger charge is 2.12. The van der Waals surface area contributed by atoms with Crippen molar-refractivity contribution in [1.82, 2.24) is 4.90 Å². The third kappa shape index (κ3) is 2.67. The fraction of sp³-hybridized carbons (Fsp3) is 0.333. The first-order chi connectivity index (χ1) is 9.43. The predicted octanol–water partition coefficient (Wildman–Crippen LogP) is 2.89. The van der Waals surface area contributed by atoms with Crippen LogP contribution in [-0.2, 0) is 6.42 Å². The third-order valence-corrected chi connectivity index (χ3v) is 3.51. The van der Waals surface area contributed by atoms with E-state index < -0.39 is 0 Å². The van der Waals surface area contributed by atoms with Gasteiger partial charge in [-0.1, -0.05) is 6.92 Å². The molecule has 0 amide bonds. The molecule has 0 aliphatic heterocycles. The molecule has 0 fully saturated rings. The number of hydrogen-bond donors (Lipinski definition) is 0. The summed E-state index contributed by atoms with van der Waals surface area (Å²) in [6.45, 7) is 3.80. The van der Waals surface area contributed by atoms with Crippen molar-refractivity contribution in [3.63, 3.8) is 0 Å². The zero-order chi connectivity index (χ0) is 14.9. The van der Waals surface area contributed by atoms with Crippen LogP contribution in [0.15, 0.2) is 27.4 Å². The van der Waals surface area contributed by atoms with Crippen LogP contribution in [0, 0.1) is 6.92 Å². The Morgan fingerprint density at radius 3 is 2.70 bits per heavy atom. The first-order valence-electron chi connectivity index (χ1n) is 6.39. The van der Waals surface area contributed by atoms with Crippen molar-refractivity contribution >= 4 is 28.4 Å². The maximum absolute atomic E-state index is 12.0. The lowest BCUT2D eigenvalue weighted by atomic mass is 10.1. The van der Waals surface area contributed by atoms with E-state index in [0.717, 1.165) is 5.56 Å². The SMILES string of the molecule is CCc1cc(=O)c2ccc(OC(=S)N(C)C)c(C)c2o1. The average molecular weight is 291 g/mol. The van der Waals surface area contributed by atoms with E-state index >= 15 is 0 Å². The number of thiocarbonyl (C=S) groups is 1. The molecule has 5 heteroatoms. The van der Waals surface area contributed by atoms with Crippen LogP contribution in [0.5, 0.6) is 5.75 Å². The van der Waals surface area contributed by atoms with Crippen LogP contribution in [0.1, 0.15) is 18.2 Å². The fourth-order valence-corrected chi connectivity index (χ4v) is 1.94. The summed E-state index contributed by atoms with van der Waals surface area (Å²) in [7, 11) is 3.63. The van der Waals surface area contributed by atoms with Gasteiger partial charge in [0.15, 0.2) is 5.43 Å². The van der Waals surface area contributed by atoms with Gasteiger partial charge < -0.3 is 14.1 Å². The van der Waals surface area contributed by atoms with E-state index in [4.69, 9.17) is 21.4 Å². The smallest absolute Gasteiger partial charge is 0.264 e. The monoisotopic (exact) mass is 291 g/mol. The number of ether oxygens (including phenoxy) is 1. The highest BCUT2D eigenvalue weighted by molar-refractivity contribution is 7.80. The Bertz CT molecular complexity index is 719. The summed E-state index contributed by atoms with van der Waals surface area (Å²) in [5.41, 5.74) is 1.31. The van der Waals surface area contributed by atoms with Gasteiger partial charge in [-0.25, -0.2) is 0 Å². The van der Waals surface area contributed by atoms with Gasteiger partial charge in [-0.2, -0.15) is 0 Å². The highest BCUT2D eigenvalue weighted by Crippen LogP contribution is 2.26. The van der Waals surface area contributed by atoms with Crippen LogP contribution < -0.4 is 10.2 Å². The quantitative estimate of drug-likeness (QED) is 0.796. The molecule has 0 unspecified atom stereocenters. The van der Waals surface area contributed by atoms with E-state index in [9.17, 15) is 4.79 Å². The van der Waals surface area contributed by atoms with Gasteiger partial charge in [0.05, 0.1) is 5.39 Å². The van der Waals surface area contributed by atoms with Crippen molar-refractivity contribution in [2.75, 3.05) is 14.1 Å². The van der Waals surface area contributed by atoms with E-state index in [2.05, 4.69) is 0 Å². The summed E-state index contributed by atoms with van der Waals surface area (Å²) in [6.07, 6.45) is 0.672. The maximum Gasteiger partial charge on any atom is 0.264 e. The van der Waals surface area contributed by atoms with Crippen molar-refractivity contribution in [2.45, 2.75) is 20.3 Å². The van der Waals surface area contributed by atoms with Gasteiger partial charge in [-0.15, -0.1) is 0 Å². The van der Waals surface area contributed by atoms with Crippen molar-refractivity contribution < 1.29 is 9.15 Å². The first kappa shape index (κ1) is 14.5. The molecule has 106 valence electrons. The minimum Gasteiger partial charge on any atom is -0.460 e. The van der Waals surface area contributed by atoms with E-state index in [1.54, 1.807) is 17.0 Å². The second-order valence-corrected chi connectivity index (χ2v) is 5.11. The molecule has 0 spiro atoms. The molecule has 1 aromatic carbocycles. The Kier molecular flexibility index (Phi) is 4.09. The van der Waals surface area contributed by atoms with Crippen LogP contribution >= 0.6 is 12.2 Å². The number of fused-ring (bicyclic) bond motifs is 1. The molecular weight excluding hydrogens is 274 g/mol. The van der Waals surface area contributed by atoms with Gasteiger partial charge in [0.2, 0.25) is 0 Å². The van der Waals surface area contributed by atoms with Crippen molar-refractivity contribution in [3.8, 4) is 5.75 Å². The average Bonchev–Trinajstić information content (AvgIpc) is 2.41. The van der Waals surface area contributed by atoms with Crippen LogP contribution in [0.4, 0.5) is 0 Å². The second-order valence-electron chi connectivity index (χ2n) is 4.76. The Hall–Kier alpha value is -1.88. The van der Waals surface area contributed by atoms with E-state index in [0.29, 0.717) is 34.1 Å². The zero-order valence-electron chi connectivity index (χ0n) is 12.0. The van der Waals surface area contributed by atoms with Crippen molar-refractivity contribution in [2.24, 2.45) is 0 Å². The Balaban J connectivity index is 2.58. The fourth-order valence-electron chi connectivity index (χ4n) is 1.85. The summed E-state index contributed by atoms with van der Waals surface area (Å²) in [6, 6.07) is 4.99. The lowest BCUT2D eigenvalue weighted by Crippen LogP contribution is -2.25. The Morgan fingerprint density at radius 2 is 2.10 bits per heavy atom. The molecule has 4 nitrogen and oxygen atoms in total. The van der Waals surface area contributed by atoms with Crippen LogP contribution in [0.3, 0.4) is 0 Å². The normalized spacial score (nSPS) is 10.6. The molecule has 0 N–H and O–H groups in total. The minimum atomic E-state index is -0.0343. The number of hydrogen-bond acceptors (Lipinski definition) is 4. The van der Waals surface area contributed by atoms with Crippen molar-refractivity contribution in [1.29, 1.82) is 0 Å². The number of aryl methyl sites for hydroxylation is 2. The van der Waals surface area contributed by atoms with Crippen LogP contribution in [-0.4, -0.2) is 24.2 Å². The molecule has 2 aromatic rings. The van der Waals surface area contributed by atoms with Crippen LogP contribution in [0.25, 0.3) is 11.0 Å². The molecule has 20 heavy (non-hydrogen) atoms. The van der Waals surface area contributed by atoms with E-state index in [-0.39, 0.29) is 5.43 Å². The summed E-state index contributed by atoms with van der Waals surface area (Å²) < 4.78 is 11.4. The molecule has 0 atom stereocenters. The number of benzene rings is 1. The van der Waals surface area contributed by atoms with Gasteiger partial charge in [0.25, 0.3) is 5.17 Å². The molecule has 1 aromatic heterocycles. The predicted molar refractivity (Wildman–Crippen MR) is 83.5 cm³/mol. The van der Waals surface area contributed by atoms with Gasteiger partial charge in [0, 0.05) is 32.1 Å². The zero-order valence-corrected chi connectivity index (χ0v) is 12.8. The molecular formula is C15H17NO3S. The largest absolute Gasteiger partial charge is 0.460 e. The van der Waals surface area contributed by atoms with E-state index in [1.165, 1.54) is 6.07 Å². The lowest BCUT2D eigenvalue weighted by Gasteiger charge is -2.16. The van der Waals surface area contributed by atoms with E-state index in [1.807, 2.05) is 27.9 Å². The van der Waals surface area contributed by atoms with Gasteiger partial charge in [-0.3, -0.25) is 4.79 Å². The molecule has 0 bridgehead atoms. The maximum atomic E-state index is 12.0. The highest BCUT2D eigenvalue weighted by atomic mass is 32.1. The third-order valence-electron chi connectivity index (χ3n) is 3.06. The molecule has 0 aliphatic rings. The first-order valence-corrected chi connectivity index (χ1v) is 6.80. The summed E-state index contributed by atoms with van der Waals surface area (Å²) in [4.78, 5) is 13.7. The summed E-state index contributed by atoms with van der Waals surface area (Å²) in [5.74, 6) is 1.27. The van der Waals surface area contributed by atoms with Gasteiger partial charge in [-0.05, 0) is 31.3 Å². The molecule has 0 radical (unpaired) electrons. The molecule has 1 heterocycles. The molecule has 2 rings (SSSR count). The lowest BCUT2D eigenvalue weighted by molar-refractivity contribution is 0.446. The number of nitrogens with zero attached hydrogens (tertiary/aromatic N) is 1. The van der Waals surface area contributed by atoms with Crippen molar-refractivity contribution in [3.05, 3.63) is 39.7 Å². The van der Waals surface area contributed by atoms with Crippen LogP contribution in [0.2, 0.25) is 0 Å². The number of rotatable bonds is 2. The summed E-state index contributed by atoms with van der Waals surface area (Å²) >= 11 is 5.13. The molecule has 0 aliphatic carbocycles. The Morgan fingerprint density at radius 1 is 1.40 bits per heavy atom. The standard InChI is InChI=1S/C15H17NO3S/c1-5-10-8-12(17)11-6-7-13(9(2)14(11)18-10)19-15(20)16(3)4/h6-8H,5H2,1-4H3.